The van der Waals surface area contributed by atoms with E-state index >= 15 is 0 Å². The molecule has 2 aromatic rings. The highest BCUT2D eigenvalue weighted by atomic mass is 35.5. The molecule has 18 heavy (non-hydrogen) atoms. The Labute approximate surface area is 108 Å². The standard InChI is InChI=1S/C10H4ClF4NOS/c11-10-16-2-4(18-10)3-17-9-7(14)5(12)1-6(13)8(9)15/h1-2H,3H2. The van der Waals surface area contributed by atoms with Crippen LogP contribution < -0.4 is 4.74 Å². The smallest absolute Gasteiger partial charge is 0.203 e. The lowest BCUT2D eigenvalue weighted by molar-refractivity contribution is 0.264. The van der Waals surface area contributed by atoms with Crippen molar-refractivity contribution in [2.45, 2.75) is 6.61 Å². The van der Waals surface area contributed by atoms with Crippen molar-refractivity contribution in [2.75, 3.05) is 0 Å². The molecule has 0 aliphatic heterocycles. The Kier molecular flexibility index (Phi) is 3.72. The SMILES string of the molecule is Fc1cc(F)c(F)c(OCc2cnc(Cl)s2)c1F. The maximum absolute atomic E-state index is 13.2. The molecular formula is C10H4ClF4NOS. The maximum Gasteiger partial charge on any atom is 0.203 e. The Hall–Kier alpha value is -1.34. The third-order valence-electron chi connectivity index (χ3n) is 1.96. The van der Waals surface area contributed by atoms with Gasteiger partial charge in [-0.05, 0) is 0 Å². The van der Waals surface area contributed by atoms with Crippen LogP contribution >= 0.6 is 22.9 Å². The predicted molar refractivity (Wildman–Crippen MR) is 57.7 cm³/mol. The summed E-state index contributed by atoms with van der Waals surface area (Å²) in [5, 5.41) is 0. The van der Waals surface area contributed by atoms with Crippen LogP contribution in [0.1, 0.15) is 4.88 Å². The van der Waals surface area contributed by atoms with Crippen LogP contribution in [0.3, 0.4) is 0 Å². The fraction of sp³-hybridized carbons (Fsp3) is 0.100. The van der Waals surface area contributed by atoms with Crippen LogP contribution in [0, 0.1) is 23.3 Å². The van der Waals surface area contributed by atoms with Gasteiger partial charge in [0.1, 0.15) is 6.61 Å². The number of rotatable bonds is 3. The van der Waals surface area contributed by atoms with Crippen molar-refractivity contribution in [2.24, 2.45) is 0 Å². The third-order valence-corrected chi connectivity index (χ3v) is 3.04. The lowest BCUT2D eigenvalue weighted by Gasteiger charge is -2.07. The molecule has 96 valence electrons. The second kappa shape index (κ2) is 5.11. The summed E-state index contributed by atoms with van der Waals surface area (Å²) in [4.78, 5) is 4.14. The molecule has 2 nitrogen and oxygen atoms in total. The van der Waals surface area contributed by atoms with Crippen LogP contribution in [0.4, 0.5) is 17.6 Å². The van der Waals surface area contributed by atoms with Gasteiger partial charge in [-0.1, -0.05) is 11.6 Å². The van der Waals surface area contributed by atoms with Gasteiger partial charge < -0.3 is 4.74 Å². The summed E-state index contributed by atoms with van der Waals surface area (Å²) in [5.74, 6) is -7.30. The molecule has 1 heterocycles. The van der Waals surface area contributed by atoms with Crippen molar-refractivity contribution < 1.29 is 22.3 Å². The van der Waals surface area contributed by atoms with E-state index in [2.05, 4.69) is 4.98 Å². The van der Waals surface area contributed by atoms with Crippen LogP contribution in [-0.2, 0) is 6.61 Å². The molecule has 0 unspecified atom stereocenters. The van der Waals surface area contributed by atoms with E-state index in [0.29, 0.717) is 4.88 Å². The zero-order valence-electron chi connectivity index (χ0n) is 8.52. The molecule has 0 saturated carbocycles. The lowest BCUT2D eigenvalue weighted by Crippen LogP contribution is -2.03. The summed E-state index contributed by atoms with van der Waals surface area (Å²) in [5.41, 5.74) is 0. The van der Waals surface area contributed by atoms with Crippen molar-refractivity contribution in [3.8, 4) is 5.75 Å². The van der Waals surface area contributed by atoms with Crippen LogP contribution in [0.2, 0.25) is 4.47 Å². The van der Waals surface area contributed by atoms with Crippen LogP contribution in [0.5, 0.6) is 5.75 Å². The summed E-state index contributed by atoms with van der Waals surface area (Å²) in [7, 11) is 0. The van der Waals surface area contributed by atoms with Gasteiger partial charge in [-0.3, -0.25) is 0 Å². The molecule has 1 aromatic heterocycles. The van der Waals surface area contributed by atoms with Crippen molar-refractivity contribution in [1.82, 2.24) is 4.98 Å². The van der Waals surface area contributed by atoms with E-state index in [4.69, 9.17) is 16.3 Å². The highest BCUT2D eigenvalue weighted by molar-refractivity contribution is 7.15. The van der Waals surface area contributed by atoms with E-state index in [1.807, 2.05) is 0 Å². The molecule has 1 aromatic carbocycles. The first-order valence-electron chi connectivity index (χ1n) is 4.55. The average molecular weight is 298 g/mol. The third kappa shape index (κ3) is 2.56. The first-order chi connectivity index (χ1) is 8.49. The summed E-state index contributed by atoms with van der Waals surface area (Å²) in [6.07, 6.45) is 1.33. The summed E-state index contributed by atoms with van der Waals surface area (Å²) in [6.45, 7) is -0.291. The number of nitrogens with zero attached hydrogens (tertiary/aromatic N) is 1. The van der Waals surface area contributed by atoms with E-state index in [-0.39, 0.29) is 17.1 Å². The van der Waals surface area contributed by atoms with Gasteiger partial charge in [0.05, 0.1) is 4.88 Å². The molecule has 0 saturated heterocycles. The van der Waals surface area contributed by atoms with E-state index < -0.39 is 29.0 Å². The average Bonchev–Trinajstić information content (AvgIpc) is 2.73. The second-order valence-corrected chi connectivity index (χ2v) is 4.86. The number of ether oxygens (including phenoxy) is 1. The second-order valence-electron chi connectivity index (χ2n) is 3.17. The van der Waals surface area contributed by atoms with Crippen molar-refractivity contribution >= 4 is 22.9 Å². The van der Waals surface area contributed by atoms with Crippen LogP contribution in [-0.4, -0.2) is 4.98 Å². The van der Waals surface area contributed by atoms with Gasteiger partial charge >= 0.3 is 0 Å². The Bertz CT molecular complexity index is 563. The first kappa shape index (κ1) is 13.1. The fourth-order valence-corrected chi connectivity index (χ4v) is 2.06. The van der Waals surface area contributed by atoms with Gasteiger partial charge in [0.25, 0.3) is 0 Å². The zero-order valence-corrected chi connectivity index (χ0v) is 10.1. The van der Waals surface area contributed by atoms with Gasteiger partial charge in [-0.2, -0.15) is 8.78 Å². The van der Waals surface area contributed by atoms with Gasteiger partial charge in [0, 0.05) is 12.3 Å². The molecule has 0 aliphatic carbocycles. The molecule has 8 heteroatoms. The largest absolute Gasteiger partial charge is 0.482 e. The molecule has 0 amide bonds. The molecule has 0 aliphatic rings. The topological polar surface area (TPSA) is 22.1 Å². The Morgan fingerprint density at radius 1 is 1.17 bits per heavy atom. The van der Waals surface area contributed by atoms with Gasteiger partial charge in [0.2, 0.25) is 11.6 Å². The fourth-order valence-electron chi connectivity index (χ4n) is 1.17. The minimum absolute atomic E-state index is 0.112. The minimum atomic E-state index is -1.58. The van der Waals surface area contributed by atoms with Gasteiger partial charge in [-0.15, -0.1) is 11.3 Å². The van der Waals surface area contributed by atoms with Gasteiger partial charge in [-0.25, -0.2) is 13.8 Å². The molecule has 0 N–H and O–H groups in total. The van der Waals surface area contributed by atoms with E-state index in [1.165, 1.54) is 6.20 Å². The number of aromatic nitrogens is 1. The highest BCUT2D eigenvalue weighted by Gasteiger charge is 2.20. The zero-order chi connectivity index (χ0) is 13.3. The normalized spacial score (nSPS) is 10.7. The van der Waals surface area contributed by atoms with E-state index in [0.717, 1.165) is 11.3 Å². The first-order valence-corrected chi connectivity index (χ1v) is 5.74. The number of halogens is 5. The van der Waals surface area contributed by atoms with E-state index in [1.54, 1.807) is 0 Å². The lowest BCUT2D eigenvalue weighted by atomic mass is 10.3. The number of benzene rings is 1. The Morgan fingerprint density at radius 3 is 2.28 bits per heavy atom. The van der Waals surface area contributed by atoms with Crippen molar-refractivity contribution in [3.63, 3.8) is 0 Å². The van der Waals surface area contributed by atoms with Crippen LogP contribution in [0.15, 0.2) is 12.3 Å². The molecule has 0 atom stereocenters. The van der Waals surface area contributed by atoms with Gasteiger partial charge in [0.15, 0.2) is 21.9 Å². The highest BCUT2D eigenvalue weighted by Crippen LogP contribution is 2.28. The minimum Gasteiger partial charge on any atom is -0.482 e. The summed E-state index contributed by atoms with van der Waals surface area (Å²) >= 11 is 6.56. The Balaban J connectivity index is 2.24. The molecular weight excluding hydrogens is 294 g/mol. The van der Waals surface area contributed by atoms with Crippen molar-refractivity contribution in [3.05, 3.63) is 44.9 Å². The monoisotopic (exact) mass is 297 g/mol. The predicted octanol–water partition coefficient (Wildman–Crippen LogP) is 3.93. The Morgan fingerprint density at radius 2 is 1.78 bits per heavy atom. The maximum atomic E-state index is 13.2. The molecule has 2 rings (SSSR count). The molecule has 0 fully saturated rings. The van der Waals surface area contributed by atoms with E-state index in [9.17, 15) is 17.6 Å². The summed E-state index contributed by atoms with van der Waals surface area (Å²) in [6, 6.07) is 0.112. The molecule has 0 spiro atoms. The number of hydrogen-bond acceptors (Lipinski definition) is 3. The van der Waals surface area contributed by atoms with Crippen molar-refractivity contribution in [1.29, 1.82) is 0 Å². The summed E-state index contributed by atoms with van der Waals surface area (Å²) < 4.78 is 57.1. The van der Waals surface area contributed by atoms with Crippen LogP contribution in [0.25, 0.3) is 0 Å². The molecule has 0 radical (unpaired) electrons. The quantitative estimate of drug-likeness (QED) is 0.632. The number of thiazole rings is 1. The number of hydrogen-bond donors (Lipinski definition) is 0. The molecule has 0 bridgehead atoms.